The summed E-state index contributed by atoms with van der Waals surface area (Å²) in [6.07, 6.45) is 2.33. The zero-order valence-electron chi connectivity index (χ0n) is 8.83. The van der Waals surface area contributed by atoms with E-state index in [1.807, 2.05) is 11.8 Å². The van der Waals surface area contributed by atoms with E-state index in [4.69, 9.17) is 4.74 Å². The van der Waals surface area contributed by atoms with Gasteiger partial charge in [-0.3, -0.25) is 4.79 Å². The fraction of sp³-hybridized carbons (Fsp3) is 0.900. The van der Waals surface area contributed by atoms with Crippen molar-refractivity contribution in [1.82, 2.24) is 10.6 Å². The van der Waals surface area contributed by atoms with Crippen molar-refractivity contribution in [1.29, 1.82) is 0 Å². The quantitative estimate of drug-likeness (QED) is 0.700. The van der Waals surface area contributed by atoms with Crippen LogP contribution in [0.2, 0.25) is 0 Å². The molecule has 0 aromatic carbocycles. The van der Waals surface area contributed by atoms with Crippen LogP contribution in [0.3, 0.4) is 0 Å². The van der Waals surface area contributed by atoms with Crippen molar-refractivity contribution in [2.45, 2.75) is 24.9 Å². The number of ether oxygens (including phenoxy) is 1. The summed E-state index contributed by atoms with van der Waals surface area (Å²) in [5, 5.41) is 6.25. The molecular weight excluding hydrogens is 212 g/mol. The van der Waals surface area contributed by atoms with Gasteiger partial charge in [0, 0.05) is 18.3 Å². The fourth-order valence-electron chi connectivity index (χ4n) is 1.89. The van der Waals surface area contributed by atoms with Gasteiger partial charge in [-0.2, -0.15) is 11.8 Å². The molecule has 1 amide bonds. The van der Waals surface area contributed by atoms with Gasteiger partial charge in [-0.15, -0.1) is 0 Å². The average Bonchev–Trinajstić information content (AvgIpc) is 2.31. The van der Waals surface area contributed by atoms with Crippen molar-refractivity contribution in [2.24, 2.45) is 0 Å². The van der Waals surface area contributed by atoms with Gasteiger partial charge in [0.15, 0.2) is 0 Å². The number of carbonyl (C=O) groups is 1. The smallest absolute Gasteiger partial charge is 0.239 e. The Balaban J connectivity index is 1.74. The van der Waals surface area contributed by atoms with Crippen LogP contribution in [0.4, 0.5) is 0 Å². The summed E-state index contributed by atoms with van der Waals surface area (Å²) in [5.74, 6) is 2.39. The molecular formula is C10H18N2O2S. The molecule has 2 aliphatic heterocycles. The second-order valence-electron chi connectivity index (χ2n) is 4.00. The molecule has 0 aliphatic carbocycles. The van der Waals surface area contributed by atoms with E-state index < -0.39 is 0 Å². The number of rotatable bonds is 2. The Labute approximate surface area is 94.5 Å². The third-order valence-electron chi connectivity index (χ3n) is 2.74. The lowest BCUT2D eigenvalue weighted by Gasteiger charge is -2.27. The summed E-state index contributed by atoms with van der Waals surface area (Å²) < 4.78 is 5.26. The molecule has 2 saturated heterocycles. The molecule has 2 heterocycles. The van der Waals surface area contributed by atoms with Crippen molar-refractivity contribution in [2.75, 3.05) is 31.3 Å². The summed E-state index contributed by atoms with van der Waals surface area (Å²) >= 11 is 1.93. The Morgan fingerprint density at radius 1 is 1.53 bits per heavy atom. The van der Waals surface area contributed by atoms with Gasteiger partial charge in [0.2, 0.25) is 5.91 Å². The number of nitrogens with one attached hydrogen (secondary N) is 2. The van der Waals surface area contributed by atoms with Crippen molar-refractivity contribution < 1.29 is 9.53 Å². The lowest BCUT2D eigenvalue weighted by atomic mass is 10.1. The van der Waals surface area contributed by atoms with Gasteiger partial charge < -0.3 is 15.4 Å². The molecule has 0 spiro atoms. The highest BCUT2D eigenvalue weighted by Crippen LogP contribution is 2.16. The molecule has 2 N–H and O–H groups in total. The minimum absolute atomic E-state index is 0.0993. The predicted octanol–water partition coefficient (Wildman–Crippen LogP) is -0.0134. The van der Waals surface area contributed by atoms with Crippen LogP contribution in [-0.4, -0.2) is 49.3 Å². The normalized spacial score (nSPS) is 32.3. The first-order valence-electron chi connectivity index (χ1n) is 5.55. The van der Waals surface area contributed by atoms with E-state index in [-0.39, 0.29) is 11.9 Å². The van der Waals surface area contributed by atoms with E-state index >= 15 is 0 Å². The first-order valence-corrected chi connectivity index (χ1v) is 6.71. The largest absolute Gasteiger partial charge is 0.378 e. The van der Waals surface area contributed by atoms with Crippen molar-refractivity contribution in [3.8, 4) is 0 Å². The van der Waals surface area contributed by atoms with Crippen LogP contribution in [-0.2, 0) is 9.53 Å². The maximum absolute atomic E-state index is 11.8. The van der Waals surface area contributed by atoms with Crippen LogP contribution in [0.5, 0.6) is 0 Å². The van der Waals surface area contributed by atoms with Crippen LogP contribution in [0.15, 0.2) is 0 Å². The maximum atomic E-state index is 11.8. The molecule has 15 heavy (non-hydrogen) atoms. The Kier molecular flexibility index (Phi) is 4.29. The standard InChI is InChI=1S/C10H18N2O2S/c13-10(9-6-14-4-3-11-9)12-8-2-1-5-15-7-8/h8-9,11H,1-7H2,(H,12,13). The van der Waals surface area contributed by atoms with Crippen LogP contribution < -0.4 is 10.6 Å². The molecule has 5 heteroatoms. The van der Waals surface area contributed by atoms with Gasteiger partial charge >= 0.3 is 0 Å². The van der Waals surface area contributed by atoms with Crippen LogP contribution in [0.1, 0.15) is 12.8 Å². The van der Waals surface area contributed by atoms with Gasteiger partial charge in [-0.25, -0.2) is 0 Å². The average molecular weight is 230 g/mol. The SMILES string of the molecule is O=C(NC1CCCSC1)C1COCCN1. The molecule has 0 saturated carbocycles. The van der Waals surface area contributed by atoms with E-state index in [2.05, 4.69) is 10.6 Å². The number of morpholine rings is 1. The number of hydrogen-bond donors (Lipinski definition) is 2. The first-order chi connectivity index (χ1) is 7.36. The van der Waals surface area contributed by atoms with E-state index in [1.54, 1.807) is 0 Å². The first kappa shape index (κ1) is 11.2. The van der Waals surface area contributed by atoms with E-state index in [9.17, 15) is 4.79 Å². The highest BCUT2D eigenvalue weighted by Gasteiger charge is 2.24. The number of thioether (sulfide) groups is 1. The van der Waals surface area contributed by atoms with Crippen LogP contribution in [0, 0.1) is 0 Å². The van der Waals surface area contributed by atoms with Gasteiger partial charge in [0.25, 0.3) is 0 Å². The van der Waals surface area contributed by atoms with Gasteiger partial charge in [-0.1, -0.05) is 0 Å². The number of hydrogen-bond acceptors (Lipinski definition) is 4. The van der Waals surface area contributed by atoms with E-state index in [0.29, 0.717) is 19.3 Å². The van der Waals surface area contributed by atoms with E-state index in [1.165, 1.54) is 12.2 Å². The maximum Gasteiger partial charge on any atom is 0.239 e. The summed E-state index contributed by atoms with van der Waals surface area (Å²) in [6, 6.07) is 0.214. The molecule has 86 valence electrons. The molecule has 4 nitrogen and oxygen atoms in total. The Morgan fingerprint density at radius 2 is 2.47 bits per heavy atom. The number of carbonyl (C=O) groups excluding carboxylic acids is 1. The lowest BCUT2D eigenvalue weighted by Crippen LogP contribution is -2.54. The Hall–Kier alpha value is -0.260. The lowest BCUT2D eigenvalue weighted by molar-refractivity contribution is -0.126. The second-order valence-corrected chi connectivity index (χ2v) is 5.15. The highest BCUT2D eigenvalue weighted by molar-refractivity contribution is 7.99. The number of amides is 1. The van der Waals surface area contributed by atoms with Crippen molar-refractivity contribution in [3.05, 3.63) is 0 Å². The van der Waals surface area contributed by atoms with Crippen molar-refractivity contribution >= 4 is 17.7 Å². The van der Waals surface area contributed by atoms with E-state index in [0.717, 1.165) is 18.7 Å². The summed E-state index contributed by atoms with van der Waals surface area (Å²) in [4.78, 5) is 11.8. The zero-order valence-corrected chi connectivity index (χ0v) is 9.65. The highest BCUT2D eigenvalue weighted by atomic mass is 32.2. The Morgan fingerprint density at radius 3 is 3.13 bits per heavy atom. The molecule has 0 bridgehead atoms. The third-order valence-corrected chi connectivity index (χ3v) is 3.96. The van der Waals surface area contributed by atoms with Gasteiger partial charge in [0.1, 0.15) is 6.04 Å². The summed E-state index contributed by atoms with van der Waals surface area (Å²) in [7, 11) is 0. The molecule has 2 rings (SSSR count). The molecule has 2 aliphatic rings. The topological polar surface area (TPSA) is 50.4 Å². The van der Waals surface area contributed by atoms with Crippen LogP contribution in [0.25, 0.3) is 0 Å². The zero-order chi connectivity index (χ0) is 10.5. The molecule has 0 aromatic heterocycles. The minimum atomic E-state index is -0.148. The summed E-state index contributed by atoms with van der Waals surface area (Å²) in [6.45, 7) is 1.99. The predicted molar refractivity (Wildman–Crippen MR) is 61.1 cm³/mol. The van der Waals surface area contributed by atoms with Crippen LogP contribution >= 0.6 is 11.8 Å². The molecule has 2 unspecified atom stereocenters. The van der Waals surface area contributed by atoms with Gasteiger partial charge in [-0.05, 0) is 18.6 Å². The molecule has 0 radical (unpaired) electrons. The molecule has 2 atom stereocenters. The monoisotopic (exact) mass is 230 g/mol. The summed E-state index contributed by atoms with van der Waals surface area (Å²) in [5.41, 5.74) is 0. The van der Waals surface area contributed by atoms with Crippen molar-refractivity contribution in [3.63, 3.8) is 0 Å². The molecule has 0 aromatic rings. The fourth-order valence-corrected chi connectivity index (χ4v) is 2.96. The molecule has 2 fully saturated rings. The second kappa shape index (κ2) is 5.72. The third kappa shape index (κ3) is 3.36. The Bertz CT molecular complexity index is 213. The minimum Gasteiger partial charge on any atom is -0.378 e. The van der Waals surface area contributed by atoms with Gasteiger partial charge in [0.05, 0.1) is 13.2 Å².